The standard InChI is InChI=1S/C18H18N4O4/c1-11-20-15-6-5-13(22(23)24)9-14(15)18(21-11)19-10-12-4-7-16(25-2)17(8-12)26-3/h4-9H,10H2,1-3H3,(H,19,20,21). The normalized spacial score (nSPS) is 10.6. The predicted molar refractivity (Wildman–Crippen MR) is 97.8 cm³/mol. The number of nitro groups is 1. The summed E-state index contributed by atoms with van der Waals surface area (Å²) in [5.41, 5.74) is 1.61. The lowest BCUT2D eigenvalue weighted by molar-refractivity contribution is -0.384. The van der Waals surface area contributed by atoms with Crippen molar-refractivity contribution in [2.75, 3.05) is 19.5 Å². The third-order valence-corrected chi connectivity index (χ3v) is 3.91. The maximum Gasteiger partial charge on any atom is 0.270 e. The number of aryl methyl sites for hydroxylation is 1. The van der Waals surface area contributed by atoms with Crippen LogP contribution >= 0.6 is 0 Å². The van der Waals surface area contributed by atoms with Crippen molar-refractivity contribution in [2.24, 2.45) is 0 Å². The minimum atomic E-state index is -0.433. The third kappa shape index (κ3) is 3.49. The van der Waals surface area contributed by atoms with Gasteiger partial charge in [-0.15, -0.1) is 0 Å². The molecule has 0 spiro atoms. The first kappa shape index (κ1) is 17.4. The molecule has 134 valence electrons. The van der Waals surface area contributed by atoms with E-state index in [1.807, 2.05) is 18.2 Å². The lowest BCUT2D eigenvalue weighted by Gasteiger charge is -2.12. The average Bonchev–Trinajstić information content (AvgIpc) is 2.65. The number of aromatic nitrogens is 2. The molecule has 0 fully saturated rings. The Morgan fingerprint density at radius 2 is 1.85 bits per heavy atom. The maximum absolute atomic E-state index is 11.1. The van der Waals surface area contributed by atoms with Crippen molar-refractivity contribution in [1.82, 2.24) is 9.97 Å². The SMILES string of the molecule is COc1ccc(CNc2nc(C)nc3ccc([N+](=O)[O-])cc23)cc1OC. The summed E-state index contributed by atoms with van der Waals surface area (Å²) in [7, 11) is 3.16. The number of nitrogens with one attached hydrogen (secondary N) is 1. The Morgan fingerprint density at radius 3 is 2.54 bits per heavy atom. The molecule has 2 aromatic carbocycles. The molecular formula is C18H18N4O4. The summed E-state index contributed by atoms with van der Waals surface area (Å²) in [5.74, 6) is 2.41. The number of anilines is 1. The van der Waals surface area contributed by atoms with Crippen LogP contribution in [0.5, 0.6) is 11.5 Å². The molecule has 3 rings (SSSR count). The Kier molecular flexibility index (Phi) is 4.83. The van der Waals surface area contributed by atoms with E-state index in [1.54, 1.807) is 27.2 Å². The molecule has 8 nitrogen and oxygen atoms in total. The minimum absolute atomic E-state index is 0.000815. The van der Waals surface area contributed by atoms with Gasteiger partial charge in [-0.25, -0.2) is 9.97 Å². The van der Waals surface area contributed by atoms with Crippen LogP contribution in [0.3, 0.4) is 0 Å². The molecule has 0 atom stereocenters. The van der Waals surface area contributed by atoms with Gasteiger partial charge in [0.05, 0.1) is 24.7 Å². The fourth-order valence-corrected chi connectivity index (χ4v) is 2.66. The summed E-state index contributed by atoms with van der Waals surface area (Å²) < 4.78 is 10.5. The quantitative estimate of drug-likeness (QED) is 0.534. The molecule has 3 aromatic rings. The van der Waals surface area contributed by atoms with Gasteiger partial charge in [0, 0.05) is 24.1 Å². The first-order chi connectivity index (χ1) is 12.5. The molecule has 0 aliphatic carbocycles. The molecule has 26 heavy (non-hydrogen) atoms. The van der Waals surface area contributed by atoms with Gasteiger partial charge in [-0.2, -0.15) is 0 Å². The molecular weight excluding hydrogens is 336 g/mol. The highest BCUT2D eigenvalue weighted by molar-refractivity contribution is 5.90. The zero-order valence-corrected chi connectivity index (χ0v) is 14.6. The summed E-state index contributed by atoms with van der Waals surface area (Å²) in [5, 5.41) is 14.9. The average molecular weight is 354 g/mol. The zero-order valence-electron chi connectivity index (χ0n) is 14.6. The van der Waals surface area contributed by atoms with E-state index in [2.05, 4.69) is 15.3 Å². The minimum Gasteiger partial charge on any atom is -0.493 e. The molecule has 1 aromatic heterocycles. The molecule has 0 radical (unpaired) electrons. The number of nitrogens with zero attached hydrogens (tertiary/aromatic N) is 3. The van der Waals surface area contributed by atoms with Gasteiger partial charge in [-0.3, -0.25) is 10.1 Å². The van der Waals surface area contributed by atoms with Crippen LogP contribution in [0, 0.1) is 17.0 Å². The van der Waals surface area contributed by atoms with Crippen LogP contribution < -0.4 is 14.8 Å². The summed E-state index contributed by atoms with van der Waals surface area (Å²) in [6, 6.07) is 10.1. The van der Waals surface area contributed by atoms with Crippen molar-refractivity contribution in [2.45, 2.75) is 13.5 Å². The Hall–Kier alpha value is -3.42. The largest absolute Gasteiger partial charge is 0.493 e. The molecule has 1 heterocycles. The molecule has 0 bridgehead atoms. The van der Waals surface area contributed by atoms with E-state index in [4.69, 9.17) is 9.47 Å². The number of fused-ring (bicyclic) bond motifs is 1. The first-order valence-corrected chi connectivity index (χ1v) is 7.89. The Labute approximate surface area is 149 Å². The monoisotopic (exact) mass is 354 g/mol. The molecule has 0 unspecified atom stereocenters. The molecule has 1 N–H and O–H groups in total. The van der Waals surface area contributed by atoms with Crippen molar-refractivity contribution in [3.63, 3.8) is 0 Å². The van der Waals surface area contributed by atoms with Crippen LogP contribution in [0.2, 0.25) is 0 Å². The highest BCUT2D eigenvalue weighted by atomic mass is 16.6. The van der Waals surface area contributed by atoms with E-state index in [0.29, 0.717) is 40.6 Å². The number of non-ortho nitro benzene ring substituents is 1. The van der Waals surface area contributed by atoms with Gasteiger partial charge in [0.2, 0.25) is 0 Å². The van der Waals surface area contributed by atoms with Crippen molar-refractivity contribution < 1.29 is 14.4 Å². The Morgan fingerprint density at radius 1 is 1.08 bits per heavy atom. The highest BCUT2D eigenvalue weighted by Crippen LogP contribution is 2.29. The lowest BCUT2D eigenvalue weighted by atomic mass is 10.1. The highest BCUT2D eigenvalue weighted by Gasteiger charge is 2.12. The van der Waals surface area contributed by atoms with Crippen LogP contribution in [0.1, 0.15) is 11.4 Å². The van der Waals surface area contributed by atoms with E-state index in [9.17, 15) is 10.1 Å². The Bertz CT molecular complexity index is 975. The number of methoxy groups -OCH3 is 2. The smallest absolute Gasteiger partial charge is 0.270 e. The second kappa shape index (κ2) is 7.22. The van der Waals surface area contributed by atoms with Crippen LogP contribution in [-0.2, 0) is 6.54 Å². The second-order valence-electron chi connectivity index (χ2n) is 5.62. The van der Waals surface area contributed by atoms with E-state index in [1.165, 1.54) is 12.1 Å². The van der Waals surface area contributed by atoms with E-state index < -0.39 is 4.92 Å². The number of hydrogen-bond donors (Lipinski definition) is 1. The molecule has 0 aliphatic rings. The van der Waals surface area contributed by atoms with Crippen molar-refractivity contribution in [1.29, 1.82) is 0 Å². The van der Waals surface area contributed by atoms with Gasteiger partial charge in [-0.1, -0.05) is 6.07 Å². The number of benzene rings is 2. The van der Waals surface area contributed by atoms with Crippen molar-refractivity contribution in [3.8, 4) is 11.5 Å². The van der Waals surface area contributed by atoms with Gasteiger partial charge in [-0.05, 0) is 30.7 Å². The molecule has 0 saturated carbocycles. The van der Waals surface area contributed by atoms with Crippen LogP contribution in [0.4, 0.5) is 11.5 Å². The van der Waals surface area contributed by atoms with Crippen LogP contribution in [0.25, 0.3) is 10.9 Å². The fraction of sp³-hybridized carbons (Fsp3) is 0.222. The maximum atomic E-state index is 11.1. The van der Waals surface area contributed by atoms with Crippen molar-refractivity contribution >= 4 is 22.4 Å². The number of hydrogen-bond acceptors (Lipinski definition) is 7. The summed E-state index contributed by atoms with van der Waals surface area (Å²) in [6.07, 6.45) is 0. The van der Waals surface area contributed by atoms with Gasteiger partial charge in [0.15, 0.2) is 11.5 Å². The molecule has 0 saturated heterocycles. The van der Waals surface area contributed by atoms with Crippen LogP contribution in [0.15, 0.2) is 36.4 Å². The third-order valence-electron chi connectivity index (χ3n) is 3.91. The number of ether oxygens (including phenoxy) is 2. The molecule has 0 aliphatic heterocycles. The second-order valence-corrected chi connectivity index (χ2v) is 5.62. The summed E-state index contributed by atoms with van der Waals surface area (Å²) in [6.45, 7) is 2.25. The topological polar surface area (TPSA) is 99.4 Å². The van der Waals surface area contributed by atoms with Crippen molar-refractivity contribution in [3.05, 3.63) is 57.9 Å². The van der Waals surface area contributed by atoms with Gasteiger partial charge >= 0.3 is 0 Å². The van der Waals surface area contributed by atoms with Gasteiger partial charge < -0.3 is 14.8 Å². The van der Waals surface area contributed by atoms with E-state index in [0.717, 1.165) is 5.56 Å². The predicted octanol–water partition coefficient (Wildman–Crippen LogP) is 3.48. The number of nitro benzene ring substituents is 1. The zero-order chi connectivity index (χ0) is 18.7. The van der Waals surface area contributed by atoms with Gasteiger partial charge in [0.25, 0.3) is 5.69 Å². The number of rotatable bonds is 6. The fourth-order valence-electron chi connectivity index (χ4n) is 2.66. The van der Waals surface area contributed by atoms with Gasteiger partial charge in [0.1, 0.15) is 11.6 Å². The van der Waals surface area contributed by atoms with E-state index >= 15 is 0 Å². The lowest BCUT2D eigenvalue weighted by Crippen LogP contribution is -2.05. The summed E-state index contributed by atoms with van der Waals surface area (Å²) >= 11 is 0. The summed E-state index contributed by atoms with van der Waals surface area (Å²) in [4.78, 5) is 19.3. The molecule has 0 amide bonds. The Balaban J connectivity index is 1.93. The molecule has 8 heteroatoms. The van der Waals surface area contributed by atoms with Crippen LogP contribution in [-0.4, -0.2) is 29.1 Å². The van der Waals surface area contributed by atoms with E-state index in [-0.39, 0.29) is 5.69 Å². The first-order valence-electron chi connectivity index (χ1n) is 7.89.